The van der Waals surface area contributed by atoms with Crippen LogP contribution in [0.15, 0.2) is 47.8 Å². The number of nitrogens with zero attached hydrogens (tertiary/aromatic N) is 1. The molecule has 0 aliphatic rings. The summed E-state index contributed by atoms with van der Waals surface area (Å²) in [6.07, 6.45) is 0. The van der Waals surface area contributed by atoms with Gasteiger partial charge in [-0.1, -0.05) is 36.4 Å². The summed E-state index contributed by atoms with van der Waals surface area (Å²) in [5, 5.41) is 4.63. The molecule has 132 valence electrons. The normalized spacial score (nSPS) is 10.3. The van der Waals surface area contributed by atoms with E-state index in [4.69, 9.17) is 4.74 Å². The van der Waals surface area contributed by atoms with Crippen LogP contribution in [0.25, 0.3) is 11.3 Å². The second-order valence-electron chi connectivity index (χ2n) is 5.21. The Morgan fingerprint density at radius 1 is 1.12 bits per heavy atom. The average Bonchev–Trinajstić information content (AvgIpc) is 3.30. The predicted molar refractivity (Wildman–Crippen MR) is 99.4 cm³/mol. The molecule has 0 saturated carbocycles. The molecule has 0 fully saturated rings. The zero-order valence-corrected chi connectivity index (χ0v) is 15.4. The molecule has 0 aliphatic heterocycles. The van der Waals surface area contributed by atoms with E-state index in [2.05, 4.69) is 10.3 Å². The molecule has 0 bridgehead atoms. The van der Waals surface area contributed by atoms with Crippen LogP contribution in [-0.4, -0.2) is 29.4 Å². The third-order valence-corrected chi connectivity index (χ3v) is 5.12. The summed E-state index contributed by atoms with van der Waals surface area (Å²) in [6.45, 7) is 1.25. The standard InChI is InChI=1S/C18H14N2O4S2/c1-11-19-15(12-6-3-2-4-7-12)16(26-11)18(23)24-10-14(21)20-17(22)13-8-5-9-25-13/h2-9H,10H2,1H3,(H,20,21,22). The van der Waals surface area contributed by atoms with Crippen molar-refractivity contribution in [1.29, 1.82) is 0 Å². The number of ether oxygens (including phenoxy) is 1. The van der Waals surface area contributed by atoms with Gasteiger partial charge in [-0.05, 0) is 18.4 Å². The first-order valence-corrected chi connectivity index (χ1v) is 9.32. The van der Waals surface area contributed by atoms with Gasteiger partial charge in [-0.2, -0.15) is 0 Å². The van der Waals surface area contributed by atoms with Crippen molar-refractivity contribution in [3.05, 3.63) is 62.6 Å². The third-order valence-electron chi connectivity index (χ3n) is 3.30. The van der Waals surface area contributed by atoms with Crippen LogP contribution >= 0.6 is 22.7 Å². The molecule has 6 nitrogen and oxygen atoms in total. The van der Waals surface area contributed by atoms with Crippen LogP contribution < -0.4 is 5.32 Å². The fourth-order valence-corrected chi connectivity index (χ4v) is 3.64. The van der Waals surface area contributed by atoms with E-state index in [1.165, 1.54) is 22.7 Å². The zero-order valence-electron chi connectivity index (χ0n) is 13.7. The Hall–Kier alpha value is -2.84. The van der Waals surface area contributed by atoms with E-state index in [1.54, 1.807) is 24.4 Å². The summed E-state index contributed by atoms with van der Waals surface area (Å²) in [4.78, 5) is 41.1. The highest BCUT2D eigenvalue weighted by atomic mass is 32.1. The van der Waals surface area contributed by atoms with E-state index >= 15 is 0 Å². The van der Waals surface area contributed by atoms with Crippen molar-refractivity contribution >= 4 is 40.5 Å². The summed E-state index contributed by atoms with van der Waals surface area (Å²) < 4.78 is 5.05. The van der Waals surface area contributed by atoms with Crippen LogP contribution in [0, 0.1) is 6.92 Å². The molecule has 0 aliphatic carbocycles. The molecule has 1 N–H and O–H groups in total. The number of esters is 1. The van der Waals surface area contributed by atoms with Gasteiger partial charge in [-0.15, -0.1) is 22.7 Å². The summed E-state index contributed by atoms with van der Waals surface area (Å²) in [6, 6.07) is 12.6. The number of rotatable bonds is 5. The number of nitrogens with one attached hydrogen (secondary N) is 1. The lowest BCUT2D eigenvalue weighted by Crippen LogP contribution is -2.33. The summed E-state index contributed by atoms with van der Waals surface area (Å²) in [5.41, 5.74) is 1.31. The van der Waals surface area contributed by atoms with Gasteiger partial charge in [0.05, 0.1) is 15.6 Å². The van der Waals surface area contributed by atoms with E-state index in [1.807, 2.05) is 30.3 Å². The topological polar surface area (TPSA) is 85.4 Å². The number of hydrogen-bond acceptors (Lipinski definition) is 7. The van der Waals surface area contributed by atoms with E-state index < -0.39 is 24.4 Å². The summed E-state index contributed by atoms with van der Waals surface area (Å²) in [5.74, 6) is -1.84. The number of aromatic nitrogens is 1. The number of hydrogen-bond donors (Lipinski definition) is 1. The molecule has 26 heavy (non-hydrogen) atoms. The molecular weight excluding hydrogens is 372 g/mol. The van der Waals surface area contributed by atoms with E-state index in [-0.39, 0.29) is 0 Å². The molecule has 0 atom stereocenters. The molecule has 2 aromatic heterocycles. The number of carbonyl (C=O) groups is 3. The maximum absolute atomic E-state index is 12.4. The quantitative estimate of drug-likeness (QED) is 0.680. The van der Waals surface area contributed by atoms with Crippen molar-refractivity contribution in [2.45, 2.75) is 6.92 Å². The highest BCUT2D eigenvalue weighted by Gasteiger charge is 2.21. The molecule has 1 aromatic carbocycles. The monoisotopic (exact) mass is 386 g/mol. The highest BCUT2D eigenvalue weighted by molar-refractivity contribution is 7.14. The van der Waals surface area contributed by atoms with Crippen LogP contribution in [0.1, 0.15) is 24.4 Å². The van der Waals surface area contributed by atoms with Crippen molar-refractivity contribution in [2.24, 2.45) is 0 Å². The fraction of sp³-hybridized carbons (Fsp3) is 0.111. The first-order valence-electron chi connectivity index (χ1n) is 7.62. The van der Waals surface area contributed by atoms with Gasteiger partial charge in [0.15, 0.2) is 6.61 Å². The lowest BCUT2D eigenvalue weighted by molar-refractivity contribution is -0.123. The van der Waals surface area contributed by atoms with Crippen LogP contribution in [-0.2, 0) is 9.53 Å². The Bertz CT molecular complexity index is 934. The van der Waals surface area contributed by atoms with Gasteiger partial charge in [-0.3, -0.25) is 14.9 Å². The maximum atomic E-state index is 12.4. The molecule has 3 aromatic rings. The first-order chi connectivity index (χ1) is 12.5. The van der Waals surface area contributed by atoms with Crippen molar-refractivity contribution in [2.75, 3.05) is 6.61 Å². The number of imide groups is 1. The molecule has 0 unspecified atom stereocenters. The zero-order chi connectivity index (χ0) is 18.5. The predicted octanol–water partition coefficient (Wildman–Crippen LogP) is 3.29. The molecular formula is C18H14N2O4S2. The van der Waals surface area contributed by atoms with Crippen LogP contribution in [0.3, 0.4) is 0 Å². The van der Waals surface area contributed by atoms with Gasteiger partial charge in [0.2, 0.25) is 0 Å². The Balaban J connectivity index is 1.64. The molecule has 0 saturated heterocycles. The smallest absolute Gasteiger partial charge is 0.351 e. The number of aryl methyl sites for hydroxylation is 1. The van der Waals surface area contributed by atoms with Gasteiger partial charge in [0.25, 0.3) is 11.8 Å². The molecule has 0 radical (unpaired) electrons. The first kappa shape index (κ1) is 18.0. The Kier molecular flexibility index (Phi) is 5.55. The lowest BCUT2D eigenvalue weighted by atomic mass is 10.1. The average molecular weight is 386 g/mol. The van der Waals surface area contributed by atoms with E-state index in [0.29, 0.717) is 20.5 Å². The maximum Gasteiger partial charge on any atom is 0.351 e. The number of benzene rings is 1. The van der Waals surface area contributed by atoms with Crippen molar-refractivity contribution < 1.29 is 19.1 Å². The van der Waals surface area contributed by atoms with Crippen molar-refractivity contribution in [1.82, 2.24) is 10.3 Å². The van der Waals surface area contributed by atoms with E-state index in [0.717, 1.165) is 5.56 Å². The fourth-order valence-electron chi connectivity index (χ4n) is 2.19. The number of amides is 2. The van der Waals surface area contributed by atoms with Gasteiger partial charge in [0, 0.05) is 5.56 Å². The summed E-state index contributed by atoms with van der Waals surface area (Å²) in [7, 11) is 0. The lowest BCUT2D eigenvalue weighted by Gasteiger charge is -2.05. The third kappa shape index (κ3) is 4.22. The molecule has 2 amide bonds. The molecule has 3 rings (SSSR count). The molecule has 8 heteroatoms. The second-order valence-corrected chi connectivity index (χ2v) is 7.36. The highest BCUT2D eigenvalue weighted by Crippen LogP contribution is 2.28. The summed E-state index contributed by atoms with van der Waals surface area (Å²) >= 11 is 2.42. The van der Waals surface area contributed by atoms with Crippen LogP contribution in [0.2, 0.25) is 0 Å². The number of thiophene rings is 1. The van der Waals surface area contributed by atoms with Gasteiger partial charge in [-0.25, -0.2) is 9.78 Å². The Labute approximate surface area is 157 Å². The van der Waals surface area contributed by atoms with Crippen LogP contribution in [0.4, 0.5) is 0 Å². The van der Waals surface area contributed by atoms with Crippen LogP contribution in [0.5, 0.6) is 0 Å². The van der Waals surface area contributed by atoms with Crippen molar-refractivity contribution in [3.63, 3.8) is 0 Å². The minimum atomic E-state index is -0.681. The number of carbonyl (C=O) groups excluding carboxylic acids is 3. The van der Waals surface area contributed by atoms with Gasteiger partial charge in [0.1, 0.15) is 4.88 Å². The second kappa shape index (κ2) is 8.03. The Morgan fingerprint density at radius 2 is 1.88 bits per heavy atom. The largest absolute Gasteiger partial charge is 0.451 e. The minimum Gasteiger partial charge on any atom is -0.451 e. The van der Waals surface area contributed by atoms with Gasteiger partial charge < -0.3 is 4.74 Å². The van der Waals surface area contributed by atoms with Crippen molar-refractivity contribution in [3.8, 4) is 11.3 Å². The molecule has 2 heterocycles. The molecule has 0 spiro atoms. The van der Waals surface area contributed by atoms with E-state index in [9.17, 15) is 14.4 Å². The SMILES string of the molecule is Cc1nc(-c2ccccc2)c(C(=O)OCC(=O)NC(=O)c2cccs2)s1. The van der Waals surface area contributed by atoms with Gasteiger partial charge >= 0.3 is 5.97 Å². The number of thiazole rings is 1. The minimum absolute atomic E-state index is 0.325. The Morgan fingerprint density at radius 3 is 2.58 bits per heavy atom.